The van der Waals surface area contributed by atoms with Crippen LogP contribution in [0.3, 0.4) is 0 Å². The first-order chi connectivity index (χ1) is 15.2. The molecule has 4 bridgehead atoms. The highest BCUT2D eigenvalue weighted by atomic mass is 16.6. The van der Waals surface area contributed by atoms with E-state index in [4.69, 9.17) is 14.2 Å². The molecule has 2 aromatic rings. The number of phenolic OH excluding ortho intramolecular Hbond substituents is 2. The Morgan fingerprint density at radius 2 is 1.22 bits per heavy atom. The molecule has 2 aliphatic carbocycles. The van der Waals surface area contributed by atoms with Crippen LogP contribution in [-0.2, 0) is 4.74 Å². The third kappa shape index (κ3) is 3.44. The summed E-state index contributed by atoms with van der Waals surface area (Å²) in [6.45, 7) is 0. The van der Waals surface area contributed by atoms with Crippen LogP contribution in [-0.4, -0.2) is 43.5 Å². The highest BCUT2D eigenvalue weighted by molar-refractivity contribution is 5.50. The van der Waals surface area contributed by atoms with Crippen LogP contribution in [0.4, 0.5) is 11.4 Å². The lowest BCUT2D eigenvalue weighted by atomic mass is 9.62. The first kappa shape index (κ1) is 20.3. The largest absolute Gasteiger partial charge is 0.502 e. The molecule has 2 aromatic carbocycles. The summed E-state index contributed by atoms with van der Waals surface area (Å²) < 4.78 is 18.6. The fourth-order valence-electron chi connectivity index (χ4n) is 5.49. The standard InChI is InChI=1S/C21H20N2O9/c24-18-5-12(1-3-16(18)22(26)27)31-20-7-14-9-21(11-20,10-15(8-20)30-14)32-13-2-4-17(23(28)29)19(25)6-13/h1-6,14-15,24-25H,7-11H2/t14-,15+,20-,21-. The van der Waals surface area contributed by atoms with Gasteiger partial charge in [0.25, 0.3) is 0 Å². The topological polar surface area (TPSA) is 154 Å². The molecule has 4 aliphatic rings. The summed E-state index contributed by atoms with van der Waals surface area (Å²) in [5, 5.41) is 41.8. The summed E-state index contributed by atoms with van der Waals surface area (Å²) in [4.78, 5) is 20.6. The lowest BCUT2D eigenvalue weighted by molar-refractivity contribution is -0.386. The molecule has 2 saturated heterocycles. The van der Waals surface area contributed by atoms with Gasteiger partial charge in [0.15, 0.2) is 11.5 Å². The summed E-state index contributed by atoms with van der Waals surface area (Å²) in [7, 11) is 0. The molecule has 0 unspecified atom stereocenters. The number of nitro groups is 2. The van der Waals surface area contributed by atoms with Crippen molar-refractivity contribution in [3.63, 3.8) is 0 Å². The Balaban J connectivity index is 1.41. The molecule has 0 aromatic heterocycles. The van der Waals surface area contributed by atoms with Gasteiger partial charge >= 0.3 is 11.4 Å². The predicted octanol–water partition coefficient (Wildman–Crippen LogP) is 3.59. The average molecular weight is 444 g/mol. The van der Waals surface area contributed by atoms with Crippen molar-refractivity contribution in [2.45, 2.75) is 55.5 Å². The summed E-state index contributed by atoms with van der Waals surface area (Å²) in [5.41, 5.74) is -2.08. The van der Waals surface area contributed by atoms with Gasteiger partial charge in [-0.05, 0) is 12.1 Å². The van der Waals surface area contributed by atoms with Gasteiger partial charge in [0.2, 0.25) is 0 Å². The van der Waals surface area contributed by atoms with Crippen LogP contribution in [0.2, 0.25) is 0 Å². The first-order valence-corrected chi connectivity index (χ1v) is 10.1. The molecule has 6 rings (SSSR count). The molecule has 0 radical (unpaired) electrons. The summed E-state index contributed by atoms with van der Waals surface area (Å²) >= 11 is 0. The second kappa shape index (κ2) is 6.95. The van der Waals surface area contributed by atoms with E-state index in [0.29, 0.717) is 43.6 Å². The van der Waals surface area contributed by atoms with E-state index in [9.17, 15) is 30.4 Å². The molecule has 11 nitrogen and oxygen atoms in total. The molecule has 32 heavy (non-hydrogen) atoms. The number of phenols is 2. The normalized spacial score (nSPS) is 30.1. The van der Waals surface area contributed by atoms with Crippen molar-refractivity contribution in [3.8, 4) is 23.0 Å². The maximum absolute atomic E-state index is 11.0. The number of rotatable bonds is 6. The van der Waals surface area contributed by atoms with Gasteiger partial charge in [0.1, 0.15) is 22.7 Å². The predicted molar refractivity (Wildman–Crippen MR) is 108 cm³/mol. The van der Waals surface area contributed by atoms with Gasteiger partial charge < -0.3 is 24.4 Å². The molecule has 2 aliphatic heterocycles. The second-order valence-electron chi connectivity index (χ2n) is 8.76. The number of hydrogen-bond donors (Lipinski definition) is 2. The Bertz CT molecular complexity index is 1020. The van der Waals surface area contributed by atoms with Gasteiger partial charge in [-0.1, -0.05) is 0 Å². The molecule has 4 fully saturated rings. The minimum atomic E-state index is -0.667. The minimum absolute atomic E-state index is 0.116. The molecular weight excluding hydrogens is 424 g/mol. The number of benzene rings is 2. The van der Waals surface area contributed by atoms with Crippen molar-refractivity contribution in [1.29, 1.82) is 0 Å². The van der Waals surface area contributed by atoms with E-state index < -0.39 is 43.9 Å². The lowest BCUT2D eigenvalue weighted by Gasteiger charge is -2.60. The van der Waals surface area contributed by atoms with Gasteiger partial charge in [0.05, 0.1) is 22.1 Å². The molecule has 2 N–H and O–H groups in total. The van der Waals surface area contributed by atoms with Gasteiger partial charge in [-0.25, -0.2) is 0 Å². The monoisotopic (exact) mass is 444 g/mol. The van der Waals surface area contributed by atoms with Crippen molar-refractivity contribution < 1.29 is 34.3 Å². The Morgan fingerprint density at radius 1 is 0.812 bits per heavy atom. The third-order valence-electron chi connectivity index (χ3n) is 6.38. The van der Waals surface area contributed by atoms with Crippen LogP contribution in [0.25, 0.3) is 0 Å². The number of hydrogen-bond acceptors (Lipinski definition) is 9. The Labute approximate surface area is 181 Å². The molecule has 0 atom stereocenters. The molecule has 2 saturated carbocycles. The fraction of sp³-hybridized carbons (Fsp3) is 0.429. The SMILES string of the molecule is O=[N+]([O-])c1ccc(O[C@]23C[C@@H]4C[C@@](Oc5ccc([N+](=O)[O-])c(O)c5)(C[C@H](C2)O4)C3)cc1O. The van der Waals surface area contributed by atoms with E-state index >= 15 is 0 Å². The van der Waals surface area contributed by atoms with Crippen molar-refractivity contribution in [3.05, 3.63) is 56.6 Å². The minimum Gasteiger partial charge on any atom is -0.502 e. The fourth-order valence-corrected chi connectivity index (χ4v) is 5.49. The summed E-state index contributed by atoms with van der Waals surface area (Å²) in [5.74, 6) is -0.307. The number of ether oxygens (including phenoxy) is 3. The molecule has 0 amide bonds. The van der Waals surface area contributed by atoms with E-state index in [1.54, 1.807) is 0 Å². The third-order valence-corrected chi connectivity index (χ3v) is 6.38. The smallest absolute Gasteiger partial charge is 0.310 e. The van der Waals surface area contributed by atoms with E-state index in [-0.39, 0.29) is 12.2 Å². The average Bonchev–Trinajstić information content (AvgIpc) is 2.65. The Morgan fingerprint density at radius 3 is 1.56 bits per heavy atom. The highest BCUT2D eigenvalue weighted by Gasteiger charge is 2.61. The van der Waals surface area contributed by atoms with Gasteiger partial charge in [0, 0.05) is 56.4 Å². The zero-order valence-electron chi connectivity index (χ0n) is 16.8. The van der Waals surface area contributed by atoms with E-state index in [2.05, 4.69) is 0 Å². The zero-order valence-corrected chi connectivity index (χ0v) is 16.8. The van der Waals surface area contributed by atoms with Crippen LogP contribution in [0.1, 0.15) is 32.1 Å². The summed E-state index contributed by atoms with van der Waals surface area (Å²) in [6, 6.07) is 7.79. The first-order valence-electron chi connectivity index (χ1n) is 10.1. The van der Waals surface area contributed by atoms with E-state index in [1.165, 1.54) is 36.4 Å². The number of aromatic hydroxyl groups is 2. The molecule has 2 heterocycles. The van der Waals surface area contributed by atoms with Crippen molar-refractivity contribution in [1.82, 2.24) is 0 Å². The van der Waals surface area contributed by atoms with Crippen molar-refractivity contribution >= 4 is 11.4 Å². The molecular formula is C21H20N2O9. The zero-order chi connectivity index (χ0) is 22.7. The van der Waals surface area contributed by atoms with Crippen LogP contribution >= 0.6 is 0 Å². The Kier molecular flexibility index (Phi) is 4.41. The maximum Gasteiger partial charge on any atom is 0.310 e. The number of nitro benzene ring substituents is 2. The summed E-state index contributed by atoms with van der Waals surface area (Å²) in [6.07, 6.45) is 2.71. The second-order valence-corrected chi connectivity index (χ2v) is 8.76. The number of nitrogens with zero attached hydrogens (tertiary/aromatic N) is 2. The van der Waals surface area contributed by atoms with Gasteiger partial charge in [-0.15, -0.1) is 0 Å². The van der Waals surface area contributed by atoms with Crippen LogP contribution in [0, 0.1) is 20.2 Å². The van der Waals surface area contributed by atoms with Crippen LogP contribution in [0.15, 0.2) is 36.4 Å². The highest BCUT2D eigenvalue weighted by Crippen LogP contribution is 2.55. The quantitative estimate of drug-likeness (QED) is 0.502. The molecule has 168 valence electrons. The van der Waals surface area contributed by atoms with Gasteiger partial charge in [-0.2, -0.15) is 0 Å². The van der Waals surface area contributed by atoms with E-state index in [0.717, 1.165) is 0 Å². The molecule has 11 heteroatoms. The van der Waals surface area contributed by atoms with Crippen LogP contribution < -0.4 is 9.47 Å². The van der Waals surface area contributed by atoms with E-state index in [1.807, 2.05) is 0 Å². The van der Waals surface area contributed by atoms with Crippen molar-refractivity contribution in [2.24, 2.45) is 0 Å². The van der Waals surface area contributed by atoms with Crippen molar-refractivity contribution in [2.75, 3.05) is 0 Å². The lowest BCUT2D eigenvalue weighted by Crippen LogP contribution is -2.67. The Hall–Kier alpha value is -3.60. The maximum atomic E-state index is 11.0. The molecule has 0 spiro atoms. The van der Waals surface area contributed by atoms with Gasteiger partial charge in [-0.3, -0.25) is 20.2 Å². The van der Waals surface area contributed by atoms with Crippen LogP contribution in [0.5, 0.6) is 23.0 Å².